The van der Waals surface area contributed by atoms with Crippen molar-refractivity contribution >= 4 is 11.6 Å². The molecule has 2 N–H and O–H groups in total. The van der Waals surface area contributed by atoms with E-state index in [0.29, 0.717) is 0 Å². The molecule has 0 rings (SSSR count). The first-order valence-electron chi connectivity index (χ1n) is 8.49. The highest BCUT2D eigenvalue weighted by Crippen LogP contribution is 2.27. The lowest BCUT2D eigenvalue weighted by Crippen LogP contribution is -2.47. The van der Waals surface area contributed by atoms with Crippen LogP contribution in [0.4, 0.5) is 0 Å². The van der Waals surface area contributed by atoms with E-state index in [1.807, 2.05) is 0 Å². The largest absolute Gasteiger partial charge is 0.324 e. The zero-order valence-electron chi connectivity index (χ0n) is 13.5. The molecule has 0 amide bonds. The molecule has 0 fully saturated rings. The van der Waals surface area contributed by atoms with Gasteiger partial charge in [-0.1, -0.05) is 78.1 Å². The van der Waals surface area contributed by atoms with Crippen LogP contribution in [0.15, 0.2) is 0 Å². The summed E-state index contributed by atoms with van der Waals surface area (Å²) in [7, 11) is 0. The molecule has 0 saturated carbocycles. The van der Waals surface area contributed by atoms with Crippen molar-refractivity contribution in [3.05, 3.63) is 0 Å². The van der Waals surface area contributed by atoms with E-state index in [4.69, 9.17) is 17.3 Å². The normalized spacial score (nSPS) is 13.7. The fourth-order valence-corrected chi connectivity index (χ4v) is 2.86. The Labute approximate surface area is 126 Å². The van der Waals surface area contributed by atoms with Crippen LogP contribution in [0, 0.1) is 0 Å². The maximum Gasteiger partial charge on any atom is 0.0487 e. The van der Waals surface area contributed by atoms with Crippen molar-refractivity contribution in [2.45, 2.75) is 109 Å². The fourth-order valence-electron chi connectivity index (χ4n) is 2.64. The Morgan fingerprint density at radius 1 is 0.789 bits per heavy atom. The molecule has 0 heterocycles. The molecule has 0 aliphatic rings. The van der Waals surface area contributed by atoms with E-state index >= 15 is 0 Å². The van der Waals surface area contributed by atoms with Crippen LogP contribution >= 0.6 is 11.6 Å². The zero-order valence-corrected chi connectivity index (χ0v) is 14.3. The SMILES string of the molecule is CCCCCCCC(N)(CCCCCCC)C(C)Cl. The standard InChI is InChI=1S/C17H36ClN/c1-4-6-8-10-12-14-17(19,16(3)18)15-13-11-9-7-5-2/h16H,4-15,19H2,1-3H3. The predicted molar refractivity (Wildman–Crippen MR) is 89.0 cm³/mol. The molecular weight excluding hydrogens is 254 g/mol. The highest BCUT2D eigenvalue weighted by Gasteiger charge is 2.29. The Morgan fingerprint density at radius 3 is 1.47 bits per heavy atom. The van der Waals surface area contributed by atoms with Gasteiger partial charge < -0.3 is 5.73 Å². The van der Waals surface area contributed by atoms with E-state index < -0.39 is 0 Å². The molecule has 0 saturated heterocycles. The van der Waals surface area contributed by atoms with Gasteiger partial charge in [-0.05, 0) is 19.8 Å². The van der Waals surface area contributed by atoms with Crippen LogP contribution in [0.3, 0.4) is 0 Å². The first kappa shape index (κ1) is 19.2. The maximum atomic E-state index is 6.54. The van der Waals surface area contributed by atoms with Gasteiger partial charge >= 0.3 is 0 Å². The molecule has 1 unspecified atom stereocenters. The molecule has 0 aromatic carbocycles. The average molecular weight is 290 g/mol. The third-order valence-electron chi connectivity index (χ3n) is 4.28. The highest BCUT2D eigenvalue weighted by atomic mass is 35.5. The number of halogens is 1. The van der Waals surface area contributed by atoms with E-state index in [0.717, 1.165) is 12.8 Å². The molecule has 2 heteroatoms. The molecule has 1 nitrogen and oxygen atoms in total. The van der Waals surface area contributed by atoms with Crippen LogP contribution in [0.2, 0.25) is 0 Å². The molecular formula is C17H36ClN. The molecule has 0 bridgehead atoms. The summed E-state index contributed by atoms with van der Waals surface area (Å²) in [5.74, 6) is 0. The fraction of sp³-hybridized carbons (Fsp3) is 1.00. The highest BCUT2D eigenvalue weighted by molar-refractivity contribution is 6.21. The van der Waals surface area contributed by atoms with Gasteiger partial charge in [-0.25, -0.2) is 0 Å². The van der Waals surface area contributed by atoms with Crippen molar-refractivity contribution < 1.29 is 0 Å². The summed E-state index contributed by atoms with van der Waals surface area (Å²) in [6.45, 7) is 6.58. The van der Waals surface area contributed by atoms with E-state index in [9.17, 15) is 0 Å². The summed E-state index contributed by atoms with van der Waals surface area (Å²) in [4.78, 5) is 0. The lowest BCUT2D eigenvalue weighted by atomic mass is 9.84. The van der Waals surface area contributed by atoms with Crippen molar-refractivity contribution in [2.24, 2.45) is 5.73 Å². The number of nitrogens with two attached hydrogens (primary N) is 1. The number of unbranched alkanes of at least 4 members (excludes halogenated alkanes) is 8. The minimum atomic E-state index is -0.139. The van der Waals surface area contributed by atoms with Crippen LogP contribution in [0.1, 0.15) is 97.8 Å². The Balaban J connectivity index is 3.84. The van der Waals surface area contributed by atoms with Gasteiger partial charge in [0.2, 0.25) is 0 Å². The summed E-state index contributed by atoms with van der Waals surface area (Å²) < 4.78 is 0. The van der Waals surface area contributed by atoms with Gasteiger partial charge in [0, 0.05) is 10.9 Å². The smallest absolute Gasteiger partial charge is 0.0487 e. The second-order valence-electron chi connectivity index (χ2n) is 6.18. The summed E-state index contributed by atoms with van der Waals surface area (Å²) in [5, 5.41) is 0.0878. The average Bonchev–Trinajstić information content (AvgIpc) is 2.38. The minimum Gasteiger partial charge on any atom is -0.324 e. The van der Waals surface area contributed by atoms with Crippen molar-refractivity contribution in [3.8, 4) is 0 Å². The van der Waals surface area contributed by atoms with Crippen LogP contribution in [-0.2, 0) is 0 Å². The lowest BCUT2D eigenvalue weighted by molar-refractivity contribution is 0.329. The molecule has 19 heavy (non-hydrogen) atoms. The Hall–Kier alpha value is 0.250. The van der Waals surface area contributed by atoms with Gasteiger partial charge in [0.1, 0.15) is 0 Å². The summed E-state index contributed by atoms with van der Waals surface area (Å²) >= 11 is 6.34. The van der Waals surface area contributed by atoms with E-state index in [1.165, 1.54) is 64.2 Å². The van der Waals surface area contributed by atoms with Crippen LogP contribution in [0.25, 0.3) is 0 Å². The topological polar surface area (TPSA) is 26.0 Å². The first-order valence-corrected chi connectivity index (χ1v) is 8.93. The number of hydrogen-bond acceptors (Lipinski definition) is 1. The van der Waals surface area contributed by atoms with Crippen LogP contribution in [-0.4, -0.2) is 10.9 Å². The molecule has 116 valence electrons. The lowest BCUT2D eigenvalue weighted by Gasteiger charge is -2.32. The number of rotatable bonds is 13. The van der Waals surface area contributed by atoms with Gasteiger partial charge in [0.15, 0.2) is 0 Å². The third kappa shape index (κ3) is 9.73. The number of alkyl halides is 1. The quantitative estimate of drug-likeness (QED) is 0.325. The second-order valence-corrected chi connectivity index (χ2v) is 6.83. The van der Waals surface area contributed by atoms with Crippen LogP contribution in [0.5, 0.6) is 0 Å². The molecule has 0 aliphatic carbocycles. The number of hydrogen-bond donors (Lipinski definition) is 1. The Kier molecular flexibility index (Phi) is 12.2. The molecule has 0 radical (unpaired) electrons. The molecule has 0 spiro atoms. The molecule has 0 aliphatic heterocycles. The second kappa shape index (κ2) is 12.0. The summed E-state index contributed by atoms with van der Waals surface area (Å²) in [6.07, 6.45) is 15.3. The third-order valence-corrected chi connectivity index (χ3v) is 4.72. The first-order chi connectivity index (χ1) is 9.06. The van der Waals surface area contributed by atoms with Crippen molar-refractivity contribution in [2.75, 3.05) is 0 Å². The maximum absolute atomic E-state index is 6.54. The summed E-state index contributed by atoms with van der Waals surface area (Å²) in [6, 6.07) is 0. The van der Waals surface area contributed by atoms with Crippen molar-refractivity contribution in [3.63, 3.8) is 0 Å². The van der Waals surface area contributed by atoms with Crippen molar-refractivity contribution in [1.82, 2.24) is 0 Å². The van der Waals surface area contributed by atoms with E-state index in [-0.39, 0.29) is 10.9 Å². The van der Waals surface area contributed by atoms with Gasteiger partial charge in [0.25, 0.3) is 0 Å². The van der Waals surface area contributed by atoms with E-state index in [2.05, 4.69) is 20.8 Å². The Bertz CT molecular complexity index is 178. The molecule has 1 atom stereocenters. The van der Waals surface area contributed by atoms with Gasteiger partial charge in [-0.3, -0.25) is 0 Å². The van der Waals surface area contributed by atoms with Gasteiger partial charge in [0.05, 0.1) is 0 Å². The molecule has 0 aromatic rings. The Morgan fingerprint density at radius 2 is 1.16 bits per heavy atom. The monoisotopic (exact) mass is 289 g/mol. The van der Waals surface area contributed by atoms with Gasteiger partial charge in [-0.2, -0.15) is 0 Å². The van der Waals surface area contributed by atoms with Crippen molar-refractivity contribution in [1.29, 1.82) is 0 Å². The predicted octanol–water partition coefficient (Wildman–Crippen LogP) is 6.03. The summed E-state index contributed by atoms with van der Waals surface area (Å²) in [5.41, 5.74) is 6.40. The molecule has 0 aromatic heterocycles. The zero-order chi connectivity index (χ0) is 14.6. The van der Waals surface area contributed by atoms with Gasteiger partial charge in [-0.15, -0.1) is 11.6 Å². The van der Waals surface area contributed by atoms with E-state index in [1.54, 1.807) is 0 Å². The van der Waals surface area contributed by atoms with Crippen LogP contribution < -0.4 is 5.73 Å². The minimum absolute atomic E-state index is 0.0878.